The summed E-state index contributed by atoms with van der Waals surface area (Å²) in [5, 5.41) is 11.6. The second-order valence-corrected chi connectivity index (χ2v) is 6.61. The summed E-state index contributed by atoms with van der Waals surface area (Å²) in [5.74, 6) is 1.79. The van der Waals surface area contributed by atoms with E-state index in [1.807, 2.05) is 48.4 Å². The molecular formula is C16H23ClIN5S. The van der Waals surface area contributed by atoms with Gasteiger partial charge in [0.2, 0.25) is 0 Å². The molecule has 2 N–H and O–H groups in total. The number of aromatic nitrogens is 2. The van der Waals surface area contributed by atoms with Crippen molar-refractivity contribution in [2.45, 2.75) is 11.3 Å². The van der Waals surface area contributed by atoms with Crippen LogP contribution >= 0.6 is 47.3 Å². The third-order valence-corrected chi connectivity index (χ3v) is 4.43. The first-order chi connectivity index (χ1) is 11.2. The number of hydrogen-bond donors (Lipinski definition) is 2. The van der Waals surface area contributed by atoms with Crippen molar-refractivity contribution in [3.05, 3.63) is 47.2 Å². The topological polar surface area (TPSA) is 54.2 Å². The van der Waals surface area contributed by atoms with Crippen LogP contribution in [-0.4, -0.2) is 41.6 Å². The van der Waals surface area contributed by atoms with Crippen molar-refractivity contribution in [2.75, 3.05) is 25.9 Å². The second-order valence-electron chi connectivity index (χ2n) is 5.00. The molecule has 1 aromatic carbocycles. The summed E-state index contributed by atoms with van der Waals surface area (Å²) in [4.78, 5) is 5.45. The SMILES string of the molecule is CN=C(NCCSc1ccc(Cl)cc1)NCCc1cnn(C)c1.I. The molecule has 5 nitrogen and oxygen atoms in total. The molecule has 0 aliphatic heterocycles. The first kappa shape index (κ1) is 21.1. The van der Waals surface area contributed by atoms with Gasteiger partial charge in [-0.05, 0) is 36.2 Å². The minimum atomic E-state index is 0. The summed E-state index contributed by atoms with van der Waals surface area (Å²) < 4.78 is 1.82. The van der Waals surface area contributed by atoms with Gasteiger partial charge in [0.15, 0.2) is 5.96 Å². The van der Waals surface area contributed by atoms with Crippen LogP contribution in [0.15, 0.2) is 46.5 Å². The molecule has 1 heterocycles. The lowest BCUT2D eigenvalue weighted by molar-refractivity contribution is 0.765. The van der Waals surface area contributed by atoms with Crippen LogP contribution in [0.3, 0.4) is 0 Å². The van der Waals surface area contributed by atoms with Crippen molar-refractivity contribution in [1.82, 2.24) is 20.4 Å². The third kappa shape index (κ3) is 7.76. The van der Waals surface area contributed by atoms with Crippen molar-refractivity contribution < 1.29 is 0 Å². The van der Waals surface area contributed by atoms with Gasteiger partial charge in [-0.25, -0.2) is 0 Å². The minimum Gasteiger partial charge on any atom is -0.356 e. The molecule has 0 amide bonds. The van der Waals surface area contributed by atoms with Crippen LogP contribution in [0, 0.1) is 0 Å². The zero-order valence-electron chi connectivity index (χ0n) is 13.8. The smallest absolute Gasteiger partial charge is 0.191 e. The molecule has 8 heteroatoms. The summed E-state index contributed by atoms with van der Waals surface area (Å²) in [5.41, 5.74) is 1.22. The van der Waals surface area contributed by atoms with Gasteiger partial charge in [0.1, 0.15) is 0 Å². The van der Waals surface area contributed by atoms with Crippen molar-refractivity contribution in [3.8, 4) is 0 Å². The van der Waals surface area contributed by atoms with Crippen molar-refractivity contribution in [1.29, 1.82) is 0 Å². The molecule has 2 aromatic rings. The van der Waals surface area contributed by atoms with Crippen LogP contribution in [0.1, 0.15) is 5.56 Å². The fraction of sp³-hybridized carbons (Fsp3) is 0.375. The van der Waals surface area contributed by atoms with Gasteiger partial charge in [-0.3, -0.25) is 9.67 Å². The van der Waals surface area contributed by atoms with Gasteiger partial charge in [-0.2, -0.15) is 5.10 Å². The molecule has 0 aliphatic carbocycles. The van der Waals surface area contributed by atoms with Crippen LogP contribution in [-0.2, 0) is 13.5 Å². The molecule has 0 unspecified atom stereocenters. The minimum absolute atomic E-state index is 0. The van der Waals surface area contributed by atoms with E-state index >= 15 is 0 Å². The zero-order chi connectivity index (χ0) is 16.5. The maximum absolute atomic E-state index is 5.88. The molecule has 0 radical (unpaired) electrons. The van der Waals surface area contributed by atoms with Crippen LogP contribution in [0.25, 0.3) is 0 Å². The van der Waals surface area contributed by atoms with Crippen LogP contribution in [0.4, 0.5) is 0 Å². The quantitative estimate of drug-likeness (QED) is 0.211. The highest BCUT2D eigenvalue weighted by molar-refractivity contribution is 14.0. The largest absolute Gasteiger partial charge is 0.356 e. The summed E-state index contributed by atoms with van der Waals surface area (Å²) in [6, 6.07) is 7.90. The summed E-state index contributed by atoms with van der Waals surface area (Å²) >= 11 is 7.67. The van der Waals surface area contributed by atoms with Crippen molar-refractivity contribution in [2.24, 2.45) is 12.0 Å². The number of nitrogens with one attached hydrogen (secondary N) is 2. The lowest BCUT2D eigenvalue weighted by Crippen LogP contribution is -2.39. The number of rotatable bonds is 7. The van der Waals surface area contributed by atoms with Crippen molar-refractivity contribution in [3.63, 3.8) is 0 Å². The third-order valence-electron chi connectivity index (χ3n) is 3.16. The van der Waals surface area contributed by atoms with Gasteiger partial charge in [-0.15, -0.1) is 35.7 Å². The molecular weight excluding hydrogens is 457 g/mol. The highest BCUT2D eigenvalue weighted by atomic mass is 127. The Bertz CT molecular complexity index is 630. The predicted molar refractivity (Wildman–Crippen MR) is 114 cm³/mol. The van der Waals surface area contributed by atoms with Crippen molar-refractivity contribution >= 4 is 53.3 Å². The Morgan fingerprint density at radius 3 is 2.58 bits per heavy atom. The number of aryl methyl sites for hydroxylation is 1. The van der Waals surface area contributed by atoms with Crippen LogP contribution in [0.2, 0.25) is 5.02 Å². The van der Waals surface area contributed by atoms with E-state index in [9.17, 15) is 0 Å². The average Bonchev–Trinajstić information content (AvgIpc) is 2.97. The number of guanidine groups is 1. The normalized spacial score (nSPS) is 11.0. The Kier molecular flexibility index (Phi) is 10.2. The molecule has 0 spiro atoms. The fourth-order valence-corrected chi connectivity index (χ4v) is 2.91. The Morgan fingerprint density at radius 2 is 1.96 bits per heavy atom. The maximum atomic E-state index is 5.88. The first-order valence-electron chi connectivity index (χ1n) is 7.48. The first-order valence-corrected chi connectivity index (χ1v) is 8.84. The molecule has 0 atom stereocenters. The van der Waals surface area contributed by atoms with E-state index in [0.717, 1.165) is 36.2 Å². The van der Waals surface area contributed by atoms with E-state index in [4.69, 9.17) is 11.6 Å². The molecule has 24 heavy (non-hydrogen) atoms. The zero-order valence-corrected chi connectivity index (χ0v) is 17.7. The standard InChI is InChI=1S/C16H22ClN5S.HI/c1-18-16(19-8-7-13-11-21-22(2)12-13)20-9-10-23-15-5-3-14(17)4-6-15;/h3-6,11-12H,7-10H2,1-2H3,(H2,18,19,20);1H. The van der Waals surface area contributed by atoms with Gasteiger partial charge in [0.25, 0.3) is 0 Å². The Hall–Kier alpha value is -0.930. The van der Waals surface area contributed by atoms with E-state index in [2.05, 4.69) is 20.7 Å². The van der Waals surface area contributed by atoms with E-state index < -0.39 is 0 Å². The highest BCUT2D eigenvalue weighted by Crippen LogP contribution is 2.19. The molecule has 132 valence electrons. The highest BCUT2D eigenvalue weighted by Gasteiger charge is 2.00. The molecule has 0 bridgehead atoms. The lowest BCUT2D eigenvalue weighted by atomic mass is 10.2. The van der Waals surface area contributed by atoms with Gasteiger partial charge >= 0.3 is 0 Å². The number of benzene rings is 1. The van der Waals surface area contributed by atoms with Gasteiger partial charge in [0.05, 0.1) is 6.20 Å². The monoisotopic (exact) mass is 479 g/mol. The van der Waals surface area contributed by atoms with Gasteiger partial charge in [0, 0.05) is 49.1 Å². The second kappa shape index (κ2) is 11.6. The number of hydrogen-bond acceptors (Lipinski definition) is 3. The molecule has 0 saturated heterocycles. The molecule has 0 saturated carbocycles. The van der Waals surface area contributed by atoms with E-state index in [0.29, 0.717) is 0 Å². The van der Waals surface area contributed by atoms with Gasteiger partial charge in [-0.1, -0.05) is 11.6 Å². The van der Waals surface area contributed by atoms with Crippen LogP contribution < -0.4 is 10.6 Å². The number of nitrogens with zero attached hydrogens (tertiary/aromatic N) is 3. The van der Waals surface area contributed by atoms with Crippen LogP contribution in [0.5, 0.6) is 0 Å². The molecule has 0 aliphatic rings. The Morgan fingerprint density at radius 1 is 1.25 bits per heavy atom. The van der Waals surface area contributed by atoms with E-state index in [-0.39, 0.29) is 24.0 Å². The van der Waals surface area contributed by atoms with E-state index in [1.54, 1.807) is 18.8 Å². The number of aliphatic imine (C=N–C) groups is 1. The summed E-state index contributed by atoms with van der Waals surface area (Å²) in [6.45, 7) is 1.68. The summed E-state index contributed by atoms with van der Waals surface area (Å²) in [7, 11) is 3.71. The fourth-order valence-electron chi connectivity index (χ4n) is 2.02. The molecule has 1 aromatic heterocycles. The summed E-state index contributed by atoms with van der Waals surface area (Å²) in [6.07, 6.45) is 4.84. The number of halogens is 2. The maximum Gasteiger partial charge on any atom is 0.191 e. The Labute approximate surface area is 169 Å². The number of thioether (sulfide) groups is 1. The average molecular weight is 480 g/mol. The molecule has 0 fully saturated rings. The lowest BCUT2D eigenvalue weighted by Gasteiger charge is -2.11. The van der Waals surface area contributed by atoms with Gasteiger partial charge < -0.3 is 10.6 Å². The van der Waals surface area contributed by atoms with E-state index in [1.165, 1.54) is 10.5 Å². The molecule has 2 rings (SSSR count). The Balaban J connectivity index is 0.00000288. The predicted octanol–water partition coefficient (Wildman–Crippen LogP) is 3.19.